The molecule has 0 aliphatic carbocycles. The maximum absolute atomic E-state index is 13.0. The predicted molar refractivity (Wildman–Crippen MR) is 57.6 cm³/mol. The summed E-state index contributed by atoms with van der Waals surface area (Å²) in [4.78, 5) is 0. The first kappa shape index (κ1) is 10.4. The average molecular weight is 209 g/mol. The van der Waals surface area contributed by atoms with Gasteiger partial charge in [0, 0.05) is 6.07 Å². The van der Waals surface area contributed by atoms with E-state index < -0.39 is 0 Å². The van der Waals surface area contributed by atoms with E-state index in [-0.39, 0.29) is 5.82 Å². The molecule has 1 atom stereocenters. The molecule has 0 spiro atoms. The van der Waals surface area contributed by atoms with E-state index >= 15 is 0 Å². The van der Waals surface area contributed by atoms with Gasteiger partial charge in [-0.2, -0.15) is 0 Å². The predicted octanol–water partition coefficient (Wildman–Crippen LogP) is 1.99. The molecule has 0 saturated carbocycles. The Morgan fingerprint density at radius 3 is 3.07 bits per heavy atom. The first-order valence-corrected chi connectivity index (χ1v) is 5.32. The lowest BCUT2D eigenvalue weighted by molar-refractivity contribution is 0.402. The average Bonchev–Trinajstić information content (AvgIpc) is 2.73. The van der Waals surface area contributed by atoms with Gasteiger partial charge in [0.1, 0.15) is 11.6 Å². The van der Waals surface area contributed by atoms with Crippen LogP contribution in [0.15, 0.2) is 18.2 Å². The molecule has 2 rings (SSSR count). The van der Waals surface area contributed by atoms with E-state index in [0.29, 0.717) is 11.7 Å². The van der Waals surface area contributed by atoms with Crippen molar-refractivity contribution in [3.8, 4) is 5.75 Å². The Hall–Kier alpha value is -1.09. The Balaban J connectivity index is 2.12. The van der Waals surface area contributed by atoms with Gasteiger partial charge in [-0.3, -0.25) is 0 Å². The van der Waals surface area contributed by atoms with Gasteiger partial charge in [0.2, 0.25) is 0 Å². The van der Waals surface area contributed by atoms with E-state index in [4.69, 9.17) is 4.74 Å². The zero-order valence-electron chi connectivity index (χ0n) is 8.92. The summed E-state index contributed by atoms with van der Waals surface area (Å²) in [5, 5.41) is 3.33. The van der Waals surface area contributed by atoms with E-state index in [1.165, 1.54) is 18.6 Å². The number of halogens is 1. The van der Waals surface area contributed by atoms with Crippen molar-refractivity contribution in [2.45, 2.75) is 12.8 Å². The molecule has 1 aromatic rings. The molecule has 1 saturated heterocycles. The SMILES string of the molecule is COc1cc(F)ccc1CC1CCNC1. The Bertz CT molecular complexity index is 334. The van der Waals surface area contributed by atoms with E-state index in [2.05, 4.69) is 5.32 Å². The molecule has 0 aromatic heterocycles. The Morgan fingerprint density at radius 2 is 2.40 bits per heavy atom. The first-order valence-electron chi connectivity index (χ1n) is 5.32. The van der Waals surface area contributed by atoms with Gasteiger partial charge in [-0.05, 0) is 43.5 Å². The zero-order valence-corrected chi connectivity index (χ0v) is 8.92. The molecule has 1 unspecified atom stereocenters. The number of ether oxygens (including phenoxy) is 1. The third-order valence-corrected chi connectivity index (χ3v) is 2.92. The quantitative estimate of drug-likeness (QED) is 0.822. The van der Waals surface area contributed by atoms with Gasteiger partial charge < -0.3 is 10.1 Å². The fraction of sp³-hybridized carbons (Fsp3) is 0.500. The standard InChI is InChI=1S/C12H16FNO/c1-15-12-7-11(13)3-2-10(12)6-9-4-5-14-8-9/h2-3,7,9,14H,4-6,8H2,1H3. The summed E-state index contributed by atoms with van der Waals surface area (Å²) < 4.78 is 18.1. The highest BCUT2D eigenvalue weighted by Gasteiger charge is 2.16. The molecule has 1 aliphatic heterocycles. The second kappa shape index (κ2) is 4.62. The molecular weight excluding hydrogens is 193 g/mol. The van der Waals surface area contributed by atoms with Crippen LogP contribution in [-0.4, -0.2) is 20.2 Å². The fourth-order valence-corrected chi connectivity index (χ4v) is 2.09. The molecule has 3 heteroatoms. The van der Waals surface area contributed by atoms with E-state index in [1.807, 2.05) is 6.07 Å². The van der Waals surface area contributed by atoms with Gasteiger partial charge >= 0.3 is 0 Å². The van der Waals surface area contributed by atoms with Crippen LogP contribution in [0.4, 0.5) is 4.39 Å². The van der Waals surface area contributed by atoms with Crippen molar-refractivity contribution in [1.29, 1.82) is 0 Å². The van der Waals surface area contributed by atoms with Crippen LogP contribution in [0.1, 0.15) is 12.0 Å². The highest BCUT2D eigenvalue weighted by atomic mass is 19.1. The molecule has 1 heterocycles. The van der Waals surface area contributed by atoms with Crippen LogP contribution < -0.4 is 10.1 Å². The van der Waals surface area contributed by atoms with Crippen molar-refractivity contribution in [2.75, 3.05) is 20.2 Å². The summed E-state index contributed by atoms with van der Waals surface area (Å²) >= 11 is 0. The largest absolute Gasteiger partial charge is 0.496 e. The molecular formula is C12H16FNO. The molecule has 1 N–H and O–H groups in total. The molecule has 0 bridgehead atoms. The van der Waals surface area contributed by atoms with E-state index in [1.54, 1.807) is 7.11 Å². The minimum absolute atomic E-state index is 0.236. The van der Waals surface area contributed by atoms with Crippen LogP contribution in [0.25, 0.3) is 0 Å². The molecule has 0 amide bonds. The van der Waals surface area contributed by atoms with Crippen LogP contribution in [0, 0.1) is 11.7 Å². The number of hydrogen-bond donors (Lipinski definition) is 1. The van der Waals surface area contributed by atoms with Crippen LogP contribution in [0.2, 0.25) is 0 Å². The third-order valence-electron chi connectivity index (χ3n) is 2.92. The Labute approximate surface area is 89.4 Å². The summed E-state index contributed by atoms with van der Waals surface area (Å²) in [6, 6.07) is 4.78. The van der Waals surface area contributed by atoms with Crippen molar-refractivity contribution < 1.29 is 9.13 Å². The molecule has 1 aromatic carbocycles. The molecule has 82 valence electrons. The maximum atomic E-state index is 13.0. The number of methoxy groups -OCH3 is 1. The van der Waals surface area contributed by atoms with Gasteiger partial charge in [-0.1, -0.05) is 6.07 Å². The molecule has 1 fully saturated rings. The number of rotatable bonds is 3. The smallest absolute Gasteiger partial charge is 0.126 e. The topological polar surface area (TPSA) is 21.3 Å². The summed E-state index contributed by atoms with van der Waals surface area (Å²) in [7, 11) is 1.59. The second-order valence-electron chi connectivity index (χ2n) is 4.02. The van der Waals surface area contributed by atoms with Crippen molar-refractivity contribution in [3.63, 3.8) is 0 Å². The highest BCUT2D eigenvalue weighted by Crippen LogP contribution is 2.24. The molecule has 2 nitrogen and oxygen atoms in total. The van der Waals surface area contributed by atoms with Gasteiger partial charge in [-0.25, -0.2) is 4.39 Å². The van der Waals surface area contributed by atoms with Crippen molar-refractivity contribution in [3.05, 3.63) is 29.6 Å². The normalized spacial score (nSPS) is 20.5. The Kier molecular flexibility index (Phi) is 3.21. The second-order valence-corrected chi connectivity index (χ2v) is 4.02. The molecule has 0 radical (unpaired) electrons. The third kappa shape index (κ3) is 2.48. The van der Waals surface area contributed by atoms with Crippen LogP contribution in [0.3, 0.4) is 0 Å². The number of nitrogens with one attached hydrogen (secondary N) is 1. The first-order chi connectivity index (χ1) is 7.29. The summed E-state index contributed by atoms with van der Waals surface area (Å²) in [6.45, 7) is 2.15. The minimum Gasteiger partial charge on any atom is -0.496 e. The lowest BCUT2D eigenvalue weighted by Gasteiger charge is -2.12. The van der Waals surface area contributed by atoms with Crippen molar-refractivity contribution >= 4 is 0 Å². The molecule has 1 aliphatic rings. The van der Waals surface area contributed by atoms with Gasteiger partial charge in [-0.15, -0.1) is 0 Å². The van der Waals surface area contributed by atoms with Crippen molar-refractivity contribution in [1.82, 2.24) is 5.32 Å². The summed E-state index contributed by atoms with van der Waals surface area (Å²) in [6.07, 6.45) is 2.16. The molecule has 15 heavy (non-hydrogen) atoms. The monoisotopic (exact) mass is 209 g/mol. The fourth-order valence-electron chi connectivity index (χ4n) is 2.09. The van der Waals surface area contributed by atoms with Crippen molar-refractivity contribution in [2.24, 2.45) is 5.92 Å². The summed E-state index contributed by atoms with van der Waals surface area (Å²) in [5.41, 5.74) is 1.10. The van der Waals surface area contributed by atoms with Crippen LogP contribution in [-0.2, 0) is 6.42 Å². The van der Waals surface area contributed by atoms with Crippen LogP contribution in [0.5, 0.6) is 5.75 Å². The lowest BCUT2D eigenvalue weighted by atomic mass is 9.98. The number of hydrogen-bond acceptors (Lipinski definition) is 2. The Morgan fingerprint density at radius 1 is 1.53 bits per heavy atom. The maximum Gasteiger partial charge on any atom is 0.126 e. The van der Waals surface area contributed by atoms with E-state index in [9.17, 15) is 4.39 Å². The summed E-state index contributed by atoms with van der Waals surface area (Å²) in [5.74, 6) is 1.09. The minimum atomic E-state index is -0.236. The van der Waals surface area contributed by atoms with Crippen LogP contribution >= 0.6 is 0 Å². The van der Waals surface area contributed by atoms with Gasteiger partial charge in [0.25, 0.3) is 0 Å². The van der Waals surface area contributed by atoms with Gasteiger partial charge in [0.05, 0.1) is 7.11 Å². The highest BCUT2D eigenvalue weighted by molar-refractivity contribution is 5.34. The number of benzene rings is 1. The zero-order chi connectivity index (χ0) is 10.7. The van der Waals surface area contributed by atoms with E-state index in [0.717, 1.165) is 25.1 Å². The van der Waals surface area contributed by atoms with Gasteiger partial charge in [0.15, 0.2) is 0 Å². The lowest BCUT2D eigenvalue weighted by Crippen LogP contribution is -2.11.